The van der Waals surface area contributed by atoms with Crippen molar-refractivity contribution in [2.45, 2.75) is 50.2 Å². The molecule has 1 N–H and O–H groups in total. The number of hydrogen-bond donors (Lipinski definition) is 1. The van der Waals surface area contributed by atoms with Crippen LogP contribution in [0.15, 0.2) is 16.7 Å². The summed E-state index contributed by atoms with van der Waals surface area (Å²) in [4.78, 5) is 10.5. The Kier molecular flexibility index (Phi) is 3.43. The van der Waals surface area contributed by atoms with Gasteiger partial charge in [0.15, 0.2) is 10.4 Å². The second-order valence-electron chi connectivity index (χ2n) is 6.35. The Hall–Kier alpha value is -0.720. The van der Waals surface area contributed by atoms with Gasteiger partial charge in [0.25, 0.3) is 0 Å². The number of hydrogen-bond acceptors (Lipinski definition) is 3. The predicted molar refractivity (Wildman–Crippen MR) is 90.1 cm³/mol. The lowest BCUT2D eigenvalue weighted by Crippen LogP contribution is -2.50. The van der Waals surface area contributed by atoms with E-state index < -0.39 is 0 Å². The van der Waals surface area contributed by atoms with Crippen molar-refractivity contribution in [2.24, 2.45) is 0 Å². The highest BCUT2D eigenvalue weighted by atomic mass is 79.9. The first-order chi connectivity index (χ1) is 10.1. The quantitative estimate of drug-likeness (QED) is 0.773. The van der Waals surface area contributed by atoms with Crippen LogP contribution in [0.1, 0.15) is 38.1 Å². The van der Waals surface area contributed by atoms with Crippen LogP contribution in [0.25, 0.3) is 11.2 Å². The van der Waals surface area contributed by atoms with Crippen LogP contribution >= 0.6 is 28.1 Å². The molecule has 0 aliphatic carbocycles. The minimum absolute atomic E-state index is 0.478. The molecule has 6 heteroatoms. The van der Waals surface area contributed by atoms with E-state index in [1.54, 1.807) is 0 Å². The normalized spacial score (nSPS) is 29.9. The fourth-order valence-electron chi connectivity index (χ4n) is 4.12. The zero-order valence-electron chi connectivity index (χ0n) is 12.1. The predicted octanol–water partition coefficient (Wildman–Crippen LogP) is 4.04. The first kappa shape index (κ1) is 13.9. The molecule has 2 aromatic rings. The van der Waals surface area contributed by atoms with Crippen LogP contribution < -0.4 is 0 Å². The van der Waals surface area contributed by atoms with Gasteiger partial charge in [0, 0.05) is 28.8 Å². The van der Waals surface area contributed by atoms with E-state index in [1.807, 2.05) is 6.20 Å². The monoisotopic (exact) mass is 366 g/mol. The smallest absolute Gasteiger partial charge is 0.179 e. The van der Waals surface area contributed by atoms with Crippen LogP contribution in [-0.4, -0.2) is 38.6 Å². The van der Waals surface area contributed by atoms with Crippen molar-refractivity contribution >= 4 is 39.3 Å². The van der Waals surface area contributed by atoms with Gasteiger partial charge in [-0.25, -0.2) is 4.98 Å². The molecule has 21 heavy (non-hydrogen) atoms. The molecule has 4 heterocycles. The van der Waals surface area contributed by atoms with Crippen molar-refractivity contribution in [2.75, 3.05) is 7.05 Å². The first-order valence-electron chi connectivity index (χ1n) is 7.61. The average molecular weight is 367 g/mol. The summed E-state index contributed by atoms with van der Waals surface area (Å²) in [5, 5.41) is 0. The summed E-state index contributed by atoms with van der Waals surface area (Å²) in [6, 6.07) is 3.94. The van der Waals surface area contributed by atoms with Gasteiger partial charge in [-0.2, -0.15) is 0 Å². The summed E-state index contributed by atoms with van der Waals surface area (Å²) < 4.78 is 4.05. The SMILES string of the molecule is CN1C2CCCC1CC(n1c(=S)[nH]c3cc(Br)cnc31)C2. The molecule has 112 valence electrons. The van der Waals surface area contributed by atoms with E-state index in [4.69, 9.17) is 12.2 Å². The molecule has 2 bridgehead atoms. The van der Waals surface area contributed by atoms with Crippen LogP contribution in [0.2, 0.25) is 0 Å². The number of aromatic amines is 1. The van der Waals surface area contributed by atoms with Crippen LogP contribution in [0.3, 0.4) is 0 Å². The van der Waals surface area contributed by atoms with Crippen molar-refractivity contribution in [3.8, 4) is 0 Å². The standard InChI is InChI=1S/C15H19BrN4S/c1-19-10-3-2-4-11(19)7-12(6-10)20-14-13(18-15(20)21)5-9(16)8-17-14/h5,8,10-12H,2-4,6-7H2,1H3,(H,18,21). The minimum Gasteiger partial charge on any atom is -0.329 e. The van der Waals surface area contributed by atoms with Gasteiger partial charge in [-0.1, -0.05) is 6.42 Å². The fraction of sp³-hybridized carbons (Fsp3) is 0.600. The van der Waals surface area contributed by atoms with E-state index in [0.29, 0.717) is 18.1 Å². The molecule has 0 radical (unpaired) electrons. The molecule has 2 fully saturated rings. The molecule has 2 aliphatic rings. The van der Waals surface area contributed by atoms with E-state index >= 15 is 0 Å². The Bertz CT molecular complexity index is 723. The van der Waals surface area contributed by atoms with E-state index in [-0.39, 0.29) is 0 Å². The Labute approximate surface area is 137 Å². The summed E-state index contributed by atoms with van der Waals surface area (Å²) >= 11 is 9.05. The van der Waals surface area contributed by atoms with Gasteiger partial charge in [-0.15, -0.1) is 0 Å². The second kappa shape index (κ2) is 5.18. The molecule has 0 amide bonds. The van der Waals surface area contributed by atoms with Crippen molar-refractivity contribution in [3.63, 3.8) is 0 Å². The third kappa shape index (κ3) is 2.28. The lowest BCUT2D eigenvalue weighted by Gasteiger charge is -2.47. The van der Waals surface area contributed by atoms with Gasteiger partial charge in [-0.05, 0) is 66.9 Å². The van der Waals surface area contributed by atoms with Crippen molar-refractivity contribution < 1.29 is 0 Å². The number of imidazole rings is 1. The molecule has 0 spiro atoms. The van der Waals surface area contributed by atoms with E-state index in [9.17, 15) is 0 Å². The van der Waals surface area contributed by atoms with E-state index in [2.05, 4.69) is 48.5 Å². The number of fused-ring (bicyclic) bond motifs is 3. The third-order valence-electron chi connectivity index (χ3n) is 5.20. The van der Waals surface area contributed by atoms with Crippen LogP contribution in [-0.2, 0) is 0 Å². The van der Waals surface area contributed by atoms with Crippen molar-refractivity contribution in [1.29, 1.82) is 0 Å². The van der Waals surface area contributed by atoms with Crippen LogP contribution in [0.5, 0.6) is 0 Å². The van der Waals surface area contributed by atoms with Crippen molar-refractivity contribution in [3.05, 3.63) is 21.5 Å². The molecule has 2 atom stereocenters. The molecule has 0 saturated carbocycles. The lowest BCUT2D eigenvalue weighted by molar-refractivity contribution is 0.0405. The van der Waals surface area contributed by atoms with Gasteiger partial charge in [0.1, 0.15) is 0 Å². The zero-order chi connectivity index (χ0) is 14.6. The number of rotatable bonds is 1. The molecule has 2 aromatic heterocycles. The maximum Gasteiger partial charge on any atom is 0.179 e. The van der Waals surface area contributed by atoms with Crippen LogP contribution in [0.4, 0.5) is 0 Å². The minimum atomic E-state index is 0.478. The highest BCUT2D eigenvalue weighted by Crippen LogP contribution is 2.39. The number of pyridine rings is 1. The van der Waals surface area contributed by atoms with E-state index in [0.717, 1.165) is 20.4 Å². The topological polar surface area (TPSA) is 36.9 Å². The lowest BCUT2D eigenvalue weighted by atomic mass is 9.82. The largest absolute Gasteiger partial charge is 0.329 e. The van der Waals surface area contributed by atoms with Crippen molar-refractivity contribution in [1.82, 2.24) is 19.4 Å². The van der Waals surface area contributed by atoms with Crippen LogP contribution in [0, 0.1) is 4.77 Å². The summed E-state index contributed by atoms with van der Waals surface area (Å²) in [6.07, 6.45) is 8.24. The Morgan fingerprint density at radius 2 is 2.00 bits per heavy atom. The van der Waals surface area contributed by atoms with Gasteiger partial charge >= 0.3 is 0 Å². The van der Waals surface area contributed by atoms with Gasteiger partial charge in [-0.3, -0.25) is 4.57 Å². The van der Waals surface area contributed by atoms with Gasteiger partial charge in [0.05, 0.1) is 5.52 Å². The third-order valence-corrected chi connectivity index (χ3v) is 5.93. The molecule has 2 unspecified atom stereocenters. The zero-order valence-corrected chi connectivity index (χ0v) is 14.5. The maximum absolute atomic E-state index is 5.58. The second-order valence-corrected chi connectivity index (χ2v) is 7.66. The summed E-state index contributed by atoms with van der Waals surface area (Å²) in [6.45, 7) is 0. The van der Waals surface area contributed by atoms with E-state index in [1.165, 1.54) is 32.1 Å². The Morgan fingerprint density at radius 3 is 2.71 bits per heavy atom. The number of H-pyrrole nitrogens is 1. The number of piperidine rings is 2. The molecule has 2 saturated heterocycles. The summed E-state index contributed by atoms with van der Waals surface area (Å²) in [5.41, 5.74) is 2.02. The molecule has 4 nitrogen and oxygen atoms in total. The number of nitrogens with zero attached hydrogens (tertiary/aromatic N) is 3. The highest BCUT2D eigenvalue weighted by Gasteiger charge is 2.37. The van der Waals surface area contributed by atoms with Gasteiger partial charge < -0.3 is 9.88 Å². The van der Waals surface area contributed by atoms with Gasteiger partial charge in [0.2, 0.25) is 0 Å². The molecule has 4 rings (SSSR count). The number of halogens is 1. The Morgan fingerprint density at radius 1 is 1.29 bits per heavy atom. The number of nitrogens with one attached hydrogen (secondary N) is 1. The highest BCUT2D eigenvalue weighted by molar-refractivity contribution is 9.10. The first-order valence-corrected chi connectivity index (χ1v) is 8.81. The average Bonchev–Trinajstić information content (AvgIpc) is 2.73. The number of aromatic nitrogens is 3. The maximum atomic E-state index is 5.58. The summed E-state index contributed by atoms with van der Waals surface area (Å²) in [7, 11) is 2.29. The molecule has 2 aliphatic heterocycles. The summed E-state index contributed by atoms with van der Waals surface area (Å²) in [5.74, 6) is 0. The molecular formula is C15H19BrN4S. The fourth-order valence-corrected chi connectivity index (χ4v) is 4.80. The molecule has 0 aromatic carbocycles. The molecular weight excluding hydrogens is 348 g/mol. The Balaban J connectivity index is 1.77.